The summed E-state index contributed by atoms with van der Waals surface area (Å²) in [5.41, 5.74) is 12.6. The van der Waals surface area contributed by atoms with Crippen LogP contribution in [0.15, 0.2) is 89.9 Å². The van der Waals surface area contributed by atoms with E-state index in [1.165, 1.54) is 16.7 Å². The van der Waals surface area contributed by atoms with Gasteiger partial charge in [0.2, 0.25) is 0 Å². The van der Waals surface area contributed by atoms with Crippen molar-refractivity contribution in [3.8, 4) is 22.3 Å². The fourth-order valence-corrected chi connectivity index (χ4v) is 2.62. The Labute approximate surface area is 143 Å². The van der Waals surface area contributed by atoms with Crippen LogP contribution in [-0.2, 0) is 0 Å². The molecule has 0 saturated heterocycles. The molecule has 118 valence electrons. The highest BCUT2D eigenvalue weighted by Gasteiger charge is 2.02. The number of hydrogen-bond acceptors (Lipinski definition) is 2. The molecule has 0 radical (unpaired) electrons. The number of rotatable bonds is 4. The average Bonchev–Trinajstić information content (AvgIpc) is 2.67. The van der Waals surface area contributed by atoms with Crippen LogP contribution in [-0.4, -0.2) is 13.3 Å². The quantitative estimate of drug-likeness (QED) is 0.675. The lowest BCUT2D eigenvalue weighted by molar-refractivity contribution is 1.47. The molecule has 2 N–H and O–H groups in total. The molecule has 0 atom stereocenters. The highest BCUT2D eigenvalue weighted by molar-refractivity contribution is 5.84. The minimum Gasteiger partial charge on any atom is -0.398 e. The van der Waals surface area contributed by atoms with Crippen molar-refractivity contribution >= 4 is 11.9 Å². The van der Waals surface area contributed by atoms with Crippen molar-refractivity contribution in [3.05, 3.63) is 90.5 Å². The molecular weight excluding hydrogens is 292 g/mol. The van der Waals surface area contributed by atoms with E-state index in [9.17, 15) is 0 Å². The fraction of sp³-hybridized carbons (Fsp3) is 0.0455. The molecule has 0 aromatic heterocycles. The molecule has 24 heavy (non-hydrogen) atoms. The molecule has 2 heteroatoms. The van der Waals surface area contributed by atoms with Gasteiger partial charge in [0, 0.05) is 19.0 Å². The van der Waals surface area contributed by atoms with Crippen molar-refractivity contribution in [1.82, 2.24) is 0 Å². The maximum atomic E-state index is 6.10. The first-order valence-corrected chi connectivity index (χ1v) is 7.92. The predicted octanol–water partition coefficient (Wildman–Crippen LogP) is 5.02. The third-order valence-electron chi connectivity index (χ3n) is 3.92. The van der Waals surface area contributed by atoms with Gasteiger partial charge in [-0.1, -0.05) is 72.8 Å². The van der Waals surface area contributed by atoms with E-state index in [0.717, 1.165) is 11.1 Å². The van der Waals surface area contributed by atoms with Crippen LogP contribution in [0.3, 0.4) is 0 Å². The Morgan fingerprint density at radius 2 is 1.33 bits per heavy atom. The Bertz CT molecular complexity index is 860. The van der Waals surface area contributed by atoms with Gasteiger partial charge in [-0.05, 0) is 40.0 Å². The minimum atomic E-state index is 0.711. The molecule has 0 fully saturated rings. The molecule has 3 aromatic rings. The van der Waals surface area contributed by atoms with E-state index >= 15 is 0 Å². The molecule has 0 aliphatic rings. The maximum absolute atomic E-state index is 6.10. The van der Waals surface area contributed by atoms with Crippen molar-refractivity contribution in [2.45, 2.75) is 0 Å². The lowest BCUT2D eigenvalue weighted by Gasteiger charge is -2.07. The zero-order valence-corrected chi connectivity index (χ0v) is 13.7. The molecule has 0 spiro atoms. The number of hydrogen-bond donors (Lipinski definition) is 1. The predicted molar refractivity (Wildman–Crippen MR) is 104 cm³/mol. The second-order valence-electron chi connectivity index (χ2n) is 5.55. The van der Waals surface area contributed by atoms with Gasteiger partial charge in [-0.15, -0.1) is 0 Å². The summed E-state index contributed by atoms with van der Waals surface area (Å²) < 4.78 is 0. The molecule has 0 saturated carbocycles. The Morgan fingerprint density at radius 1 is 0.750 bits per heavy atom. The van der Waals surface area contributed by atoms with Crippen molar-refractivity contribution in [2.24, 2.45) is 10.7 Å². The third kappa shape index (κ3) is 3.61. The van der Waals surface area contributed by atoms with Gasteiger partial charge in [0.25, 0.3) is 0 Å². The number of allylic oxidation sites excluding steroid dienone is 1. The normalized spacial score (nSPS) is 11.8. The van der Waals surface area contributed by atoms with Gasteiger partial charge < -0.3 is 5.73 Å². The van der Waals surface area contributed by atoms with E-state index < -0.39 is 0 Å². The Hall–Kier alpha value is -3.13. The molecule has 0 aliphatic carbocycles. The zero-order valence-electron chi connectivity index (χ0n) is 13.7. The first kappa shape index (κ1) is 15.8. The number of aliphatic imine (C=N–C) groups is 1. The van der Waals surface area contributed by atoms with Crippen molar-refractivity contribution < 1.29 is 0 Å². The van der Waals surface area contributed by atoms with Gasteiger partial charge in [0.15, 0.2) is 0 Å². The first-order chi connectivity index (χ1) is 11.8. The van der Waals surface area contributed by atoms with Crippen LogP contribution in [0.5, 0.6) is 0 Å². The molecule has 0 bridgehead atoms. The van der Waals surface area contributed by atoms with Gasteiger partial charge >= 0.3 is 0 Å². The van der Waals surface area contributed by atoms with E-state index in [1.807, 2.05) is 24.3 Å². The summed E-state index contributed by atoms with van der Waals surface area (Å²) >= 11 is 0. The van der Waals surface area contributed by atoms with Gasteiger partial charge in [-0.2, -0.15) is 0 Å². The molecule has 0 unspecified atom stereocenters. The van der Waals surface area contributed by atoms with Crippen LogP contribution >= 0.6 is 0 Å². The van der Waals surface area contributed by atoms with E-state index in [2.05, 4.69) is 65.7 Å². The van der Waals surface area contributed by atoms with Crippen molar-refractivity contribution in [3.63, 3.8) is 0 Å². The smallest absolute Gasteiger partial charge is 0.0403 e. The minimum absolute atomic E-state index is 0.711. The number of benzene rings is 3. The molecule has 0 heterocycles. The second kappa shape index (κ2) is 7.42. The second-order valence-corrected chi connectivity index (χ2v) is 5.55. The summed E-state index contributed by atoms with van der Waals surface area (Å²) in [6.07, 6.45) is 3.52. The van der Waals surface area contributed by atoms with E-state index in [1.54, 1.807) is 13.3 Å². The van der Waals surface area contributed by atoms with Gasteiger partial charge in [0.05, 0.1) is 0 Å². The van der Waals surface area contributed by atoms with Gasteiger partial charge in [-0.3, -0.25) is 4.99 Å². The lowest BCUT2D eigenvalue weighted by Crippen LogP contribution is -1.96. The average molecular weight is 312 g/mol. The van der Waals surface area contributed by atoms with Crippen LogP contribution in [0.1, 0.15) is 5.56 Å². The monoisotopic (exact) mass is 312 g/mol. The largest absolute Gasteiger partial charge is 0.398 e. The summed E-state index contributed by atoms with van der Waals surface area (Å²) in [6, 6.07) is 27.2. The fourth-order valence-electron chi connectivity index (χ4n) is 2.62. The van der Waals surface area contributed by atoms with Crippen LogP contribution in [0, 0.1) is 0 Å². The number of nitrogens with zero attached hydrogens (tertiary/aromatic N) is 1. The highest BCUT2D eigenvalue weighted by atomic mass is 14.6. The Kier molecular flexibility index (Phi) is 4.87. The van der Waals surface area contributed by atoms with E-state index in [0.29, 0.717) is 5.70 Å². The summed E-state index contributed by atoms with van der Waals surface area (Å²) in [5.74, 6) is 0. The lowest BCUT2D eigenvalue weighted by atomic mass is 9.98. The standard InChI is InChI=1S/C22H20N2/c1-24-15-14-22(23)21-9-5-8-20(16-21)19-12-10-18(11-13-19)17-6-3-2-4-7-17/h2-16H,23H2,1H3. The van der Waals surface area contributed by atoms with E-state index in [4.69, 9.17) is 5.73 Å². The van der Waals surface area contributed by atoms with Crippen molar-refractivity contribution in [1.29, 1.82) is 0 Å². The highest BCUT2D eigenvalue weighted by Crippen LogP contribution is 2.26. The molecule has 0 amide bonds. The van der Waals surface area contributed by atoms with Crippen LogP contribution in [0.25, 0.3) is 28.0 Å². The van der Waals surface area contributed by atoms with Gasteiger partial charge in [-0.25, -0.2) is 0 Å². The van der Waals surface area contributed by atoms with Crippen LogP contribution in [0.2, 0.25) is 0 Å². The molecule has 3 aromatic carbocycles. The Balaban J connectivity index is 1.90. The third-order valence-corrected chi connectivity index (χ3v) is 3.92. The SMILES string of the molecule is CN=CC=C(N)c1cccc(-c2ccc(-c3ccccc3)cc2)c1. The molecule has 3 rings (SSSR count). The first-order valence-electron chi connectivity index (χ1n) is 7.92. The van der Waals surface area contributed by atoms with Crippen LogP contribution < -0.4 is 5.73 Å². The maximum Gasteiger partial charge on any atom is 0.0403 e. The van der Waals surface area contributed by atoms with Gasteiger partial charge in [0.1, 0.15) is 0 Å². The summed E-state index contributed by atoms with van der Waals surface area (Å²) in [5, 5.41) is 0. The molecule has 2 nitrogen and oxygen atoms in total. The molecule has 0 aliphatic heterocycles. The summed E-state index contributed by atoms with van der Waals surface area (Å²) in [7, 11) is 1.73. The van der Waals surface area contributed by atoms with E-state index in [-0.39, 0.29) is 0 Å². The van der Waals surface area contributed by atoms with Crippen molar-refractivity contribution in [2.75, 3.05) is 7.05 Å². The topological polar surface area (TPSA) is 38.4 Å². The molecular formula is C22H20N2. The number of nitrogens with two attached hydrogens (primary N) is 1. The Morgan fingerprint density at radius 3 is 2.00 bits per heavy atom. The summed E-state index contributed by atoms with van der Waals surface area (Å²) in [6.45, 7) is 0. The van der Waals surface area contributed by atoms with Crippen LogP contribution in [0.4, 0.5) is 0 Å². The summed E-state index contributed by atoms with van der Waals surface area (Å²) in [4.78, 5) is 3.94. The zero-order chi connectivity index (χ0) is 16.8.